The number of carbonyl (C=O) groups is 1. The summed E-state index contributed by atoms with van der Waals surface area (Å²) in [4.78, 5) is 16.3. The van der Waals surface area contributed by atoms with Crippen LogP contribution in [0.2, 0.25) is 10.0 Å². The van der Waals surface area contributed by atoms with E-state index in [0.717, 1.165) is 9.13 Å². The summed E-state index contributed by atoms with van der Waals surface area (Å²) >= 11 is 14.1. The van der Waals surface area contributed by atoms with Crippen LogP contribution in [0.3, 0.4) is 0 Å². The summed E-state index contributed by atoms with van der Waals surface area (Å²) in [6, 6.07) is 5.24. The Kier molecular flexibility index (Phi) is 5.07. The molecule has 0 saturated heterocycles. The Bertz CT molecular complexity index is 907. The summed E-state index contributed by atoms with van der Waals surface area (Å²) in [5.41, 5.74) is 1.18. The van der Waals surface area contributed by atoms with Gasteiger partial charge in [0.25, 0.3) is 5.91 Å². The molecule has 24 heavy (non-hydrogen) atoms. The highest BCUT2D eigenvalue weighted by molar-refractivity contribution is 14.1. The van der Waals surface area contributed by atoms with Gasteiger partial charge in [-0.3, -0.25) is 14.8 Å². The van der Waals surface area contributed by atoms with Gasteiger partial charge in [-0.25, -0.2) is 9.67 Å². The van der Waals surface area contributed by atoms with Crippen LogP contribution in [0.5, 0.6) is 0 Å². The van der Waals surface area contributed by atoms with E-state index in [1.54, 1.807) is 34.7 Å². The number of halogens is 3. The van der Waals surface area contributed by atoms with Crippen LogP contribution in [-0.4, -0.2) is 30.5 Å². The van der Waals surface area contributed by atoms with Crippen LogP contribution in [0.1, 0.15) is 16.1 Å². The molecule has 0 saturated carbocycles. The fourth-order valence-electron chi connectivity index (χ4n) is 2.03. The van der Waals surface area contributed by atoms with Gasteiger partial charge < -0.3 is 0 Å². The molecule has 2 aromatic heterocycles. The van der Waals surface area contributed by atoms with E-state index in [2.05, 4.69) is 20.5 Å². The number of benzene rings is 1. The third-order valence-electron chi connectivity index (χ3n) is 3.11. The molecule has 0 fully saturated rings. The maximum absolute atomic E-state index is 12.2. The molecule has 0 radical (unpaired) electrons. The van der Waals surface area contributed by atoms with Gasteiger partial charge in [0.05, 0.1) is 10.1 Å². The Hall–Kier alpha value is -1.65. The number of hydrogen-bond acceptors (Lipinski definition) is 4. The Morgan fingerprint density at radius 1 is 1.33 bits per heavy atom. The van der Waals surface area contributed by atoms with Gasteiger partial charge in [-0.2, -0.15) is 5.10 Å². The predicted molar refractivity (Wildman–Crippen MR) is 99.5 cm³/mol. The lowest BCUT2D eigenvalue weighted by Crippen LogP contribution is -2.15. The molecule has 1 amide bonds. The van der Waals surface area contributed by atoms with Crippen molar-refractivity contribution in [1.82, 2.24) is 24.5 Å². The minimum Gasteiger partial charge on any atom is -0.288 e. The molecular weight excluding hydrogens is 466 g/mol. The Morgan fingerprint density at radius 3 is 2.79 bits per heavy atom. The average Bonchev–Trinajstić information content (AvgIpc) is 3.08. The first-order valence-corrected chi connectivity index (χ1v) is 8.59. The zero-order valence-electron chi connectivity index (χ0n) is 12.4. The molecule has 1 N–H and O–H groups in total. The zero-order chi connectivity index (χ0) is 17.3. The van der Waals surface area contributed by atoms with Crippen molar-refractivity contribution >= 4 is 57.6 Å². The summed E-state index contributed by atoms with van der Waals surface area (Å²) in [7, 11) is 1.75. The second-order valence-corrected chi connectivity index (χ2v) is 6.96. The highest BCUT2D eigenvalue weighted by Gasteiger charge is 2.16. The van der Waals surface area contributed by atoms with Gasteiger partial charge in [0, 0.05) is 23.3 Å². The number of nitrogens with one attached hydrogen (secondary N) is 1. The van der Waals surface area contributed by atoms with Gasteiger partial charge in [-0.1, -0.05) is 29.3 Å². The van der Waals surface area contributed by atoms with Crippen LogP contribution in [0.15, 0.2) is 30.7 Å². The van der Waals surface area contributed by atoms with Crippen molar-refractivity contribution in [3.8, 4) is 0 Å². The number of hydrogen-bond donors (Lipinski definition) is 1. The minimum atomic E-state index is -0.359. The van der Waals surface area contributed by atoms with E-state index in [1.807, 2.05) is 28.7 Å². The smallest absolute Gasteiger partial charge is 0.279 e. The minimum absolute atomic E-state index is 0.200. The van der Waals surface area contributed by atoms with Crippen LogP contribution in [0, 0.1) is 3.57 Å². The number of carbonyl (C=O) groups excluding carboxylic acids is 1. The maximum atomic E-state index is 12.2. The summed E-state index contributed by atoms with van der Waals surface area (Å²) in [5, 5.41) is 12.1. The van der Waals surface area contributed by atoms with Crippen LogP contribution in [0.25, 0.3) is 0 Å². The summed E-state index contributed by atoms with van der Waals surface area (Å²) < 4.78 is 3.90. The molecule has 1 aromatic carbocycles. The van der Waals surface area contributed by atoms with Crippen LogP contribution in [0.4, 0.5) is 5.95 Å². The highest BCUT2D eigenvalue weighted by Crippen LogP contribution is 2.21. The topological polar surface area (TPSA) is 77.6 Å². The lowest BCUT2D eigenvalue weighted by Gasteiger charge is -2.04. The van der Waals surface area contributed by atoms with Crippen molar-refractivity contribution in [2.45, 2.75) is 6.54 Å². The molecule has 2 heterocycles. The molecule has 3 rings (SSSR count). The Labute approximate surface area is 161 Å². The largest absolute Gasteiger partial charge is 0.288 e. The molecule has 7 nitrogen and oxygen atoms in total. The summed E-state index contributed by atoms with van der Waals surface area (Å²) in [6.07, 6.45) is 3.27. The number of nitrogens with zero attached hydrogens (tertiary/aromatic N) is 5. The van der Waals surface area contributed by atoms with Crippen molar-refractivity contribution in [2.75, 3.05) is 5.32 Å². The highest BCUT2D eigenvalue weighted by atomic mass is 127. The maximum Gasteiger partial charge on any atom is 0.279 e. The predicted octanol–water partition coefficient (Wildman–Crippen LogP) is 3.22. The number of aromatic nitrogens is 5. The molecule has 0 atom stereocenters. The molecule has 0 aliphatic rings. The summed E-state index contributed by atoms with van der Waals surface area (Å²) in [6.45, 7) is 0.417. The molecule has 0 aliphatic heterocycles. The van der Waals surface area contributed by atoms with Crippen LogP contribution < -0.4 is 5.32 Å². The first-order valence-electron chi connectivity index (χ1n) is 6.76. The molecular formula is C14H11Cl2IN6O. The second-order valence-electron chi connectivity index (χ2n) is 4.95. The van der Waals surface area contributed by atoms with E-state index in [1.165, 1.54) is 6.33 Å². The molecule has 3 aromatic rings. The average molecular weight is 477 g/mol. The Balaban J connectivity index is 1.71. The van der Waals surface area contributed by atoms with E-state index in [9.17, 15) is 4.79 Å². The van der Waals surface area contributed by atoms with Gasteiger partial charge in [-0.05, 0) is 40.3 Å². The van der Waals surface area contributed by atoms with Crippen molar-refractivity contribution in [1.29, 1.82) is 0 Å². The lowest BCUT2D eigenvalue weighted by molar-refractivity contribution is 0.102. The van der Waals surface area contributed by atoms with E-state index < -0.39 is 0 Å². The van der Waals surface area contributed by atoms with E-state index >= 15 is 0 Å². The SMILES string of the molecule is Cn1cc(I)c(C(=O)Nc2ncn(Cc3ccc(Cl)cc3Cl)n2)n1. The van der Waals surface area contributed by atoms with Gasteiger partial charge >= 0.3 is 0 Å². The van der Waals surface area contributed by atoms with E-state index in [-0.39, 0.29) is 11.9 Å². The van der Waals surface area contributed by atoms with Crippen molar-refractivity contribution < 1.29 is 4.79 Å². The van der Waals surface area contributed by atoms with Crippen molar-refractivity contribution in [2.24, 2.45) is 7.05 Å². The quantitative estimate of drug-likeness (QED) is 0.586. The number of rotatable bonds is 4. The summed E-state index contributed by atoms with van der Waals surface area (Å²) in [5.74, 6) is -0.159. The normalized spacial score (nSPS) is 10.8. The second kappa shape index (κ2) is 7.08. The fourth-order valence-corrected chi connectivity index (χ4v) is 3.25. The number of anilines is 1. The van der Waals surface area contributed by atoms with E-state index in [4.69, 9.17) is 23.2 Å². The molecule has 0 spiro atoms. The van der Waals surface area contributed by atoms with Crippen molar-refractivity contribution in [3.63, 3.8) is 0 Å². The first kappa shape index (κ1) is 17.2. The molecule has 0 bridgehead atoms. The standard InChI is InChI=1S/C14H11Cl2IN6O/c1-22-6-11(17)12(20-22)13(24)19-14-18-7-23(21-14)5-8-2-3-9(15)4-10(8)16/h2-4,6-7H,5H2,1H3,(H,19,21,24). The lowest BCUT2D eigenvalue weighted by atomic mass is 10.2. The van der Waals surface area contributed by atoms with Gasteiger partial charge in [0.1, 0.15) is 6.33 Å². The molecule has 124 valence electrons. The first-order chi connectivity index (χ1) is 11.4. The third kappa shape index (κ3) is 3.87. The number of amides is 1. The monoisotopic (exact) mass is 476 g/mol. The van der Waals surface area contributed by atoms with E-state index in [0.29, 0.717) is 22.3 Å². The third-order valence-corrected chi connectivity index (χ3v) is 4.48. The van der Waals surface area contributed by atoms with Gasteiger partial charge in [-0.15, -0.1) is 5.10 Å². The van der Waals surface area contributed by atoms with Crippen LogP contribution >= 0.6 is 45.8 Å². The molecule has 0 aliphatic carbocycles. The van der Waals surface area contributed by atoms with Crippen molar-refractivity contribution in [3.05, 3.63) is 55.6 Å². The Morgan fingerprint density at radius 2 is 2.12 bits per heavy atom. The zero-order valence-corrected chi connectivity index (χ0v) is 16.0. The molecule has 10 heteroatoms. The van der Waals surface area contributed by atoms with Crippen LogP contribution in [-0.2, 0) is 13.6 Å². The van der Waals surface area contributed by atoms with Gasteiger partial charge in [0.15, 0.2) is 5.69 Å². The number of aryl methyl sites for hydroxylation is 1. The molecule has 0 unspecified atom stereocenters. The fraction of sp³-hybridized carbons (Fsp3) is 0.143. The van der Waals surface area contributed by atoms with Gasteiger partial charge in [0.2, 0.25) is 5.95 Å².